The number of carbonyl (C=O) groups is 3. The van der Waals surface area contributed by atoms with Gasteiger partial charge in [0.2, 0.25) is 11.8 Å². The van der Waals surface area contributed by atoms with Crippen molar-refractivity contribution in [3.05, 3.63) is 35.8 Å². The van der Waals surface area contributed by atoms with E-state index in [0.717, 1.165) is 74.4 Å². The maximum absolute atomic E-state index is 14.2. The van der Waals surface area contributed by atoms with Crippen LogP contribution in [0.25, 0.3) is 10.9 Å². The van der Waals surface area contributed by atoms with Crippen molar-refractivity contribution >= 4 is 28.7 Å². The molecule has 0 saturated heterocycles. The van der Waals surface area contributed by atoms with Crippen LogP contribution in [0.4, 0.5) is 4.39 Å². The summed E-state index contributed by atoms with van der Waals surface area (Å²) in [6.45, 7) is 4.95. The minimum atomic E-state index is -0.822. The summed E-state index contributed by atoms with van der Waals surface area (Å²) in [5.74, 6) is -1.43. The molecule has 2 aromatic rings. The molecule has 2 atom stereocenters. The van der Waals surface area contributed by atoms with E-state index in [4.69, 9.17) is 4.74 Å². The number of ether oxygens (including phenoxy) is 1. The Balaban J connectivity index is 1.58. The first kappa shape index (κ1) is 28.1. The van der Waals surface area contributed by atoms with Gasteiger partial charge in [0.1, 0.15) is 11.9 Å². The van der Waals surface area contributed by atoms with E-state index in [1.807, 2.05) is 6.20 Å². The minimum absolute atomic E-state index is 0.000624. The molecule has 1 aliphatic carbocycles. The molecule has 2 aliphatic rings. The second-order valence-corrected chi connectivity index (χ2v) is 11.3. The van der Waals surface area contributed by atoms with Crippen molar-refractivity contribution < 1.29 is 23.5 Å². The molecule has 2 N–H and O–H groups in total. The zero-order valence-corrected chi connectivity index (χ0v) is 22.8. The third-order valence-corrected chi connectivity index (χ3v) is 7.85. The topological polar surface area (TPSA) is 89.4 Å². The molecule has 0 spiro atoms. The Morgan fingerprint density at radius 3 is 2.66 bits per heavy atom. The van der Waals surface area contributed by atoms with Crippen LogP contribution in [0.5, 0.6) is 0 Å². The van der Waals surface area contributed by atoms with Crippen LogP contribution in [0, 0.1) is 17.7 Å². The van der Waals surface area contributed by atoms with Crippen LogP contribution in [0.3, 0.4) is 0 Å². The minimum Gasteiger partial charge on any atom is -0.463 e. The molecule has 2 amide bonds. The van der Waals surface area contributed by atoms with E-state index in [0.29, 0.717) is 18.9 Å². The summed E-state index contributed by atoms with van der Waals surface area (Å²) in [5.41, 5.74) is 1.75. The van der Waals surface area contributed by atoms with Gasteiger partial charge in [-0.2, -0.15) is 0 Å². The second kappa shape index (κ2) is 13.3. The van der Waals surface area contributed by atoms with Gasteiger partial charge in [-0.05, 0) is 62.8 Å². The number of amides is 2. The van der Waals surface area contributed by atoms with E-state index >= 15 is 0 Å². The van der Waals surface area contributed by atoms with Gasteiger partial charge in [0.05, 0.1) is 12.5 Å². The third-order valence-electron chi connectivity index (χ3n) is 7.85. The van der Waals surface area contributed by atoms with Crippen LogP contribution in [-0.4, -0.2) is 41.0 Å². The highest BCUT2D eigenvalue weighted by Crippen LogP contribution is 2.32. The molecule has 7 nitrogen and oxygen atoms in total. The number of esters is 1. The lowest BCUT2D eigenvalue weighted by molar-refractivity contribution is -0.150. The Labute approximate surface area is 224 Å². The Hall–Kier alpha value is -2.90. The monoisotopic (exact) mass is 527 g/mol. The van der Waals surface area contributed by atoms with Gasteiger partial charge in [-0.1, -0.05) is 38.5 Å². The molecule has 208 valence electrons. The van der Waals surface area contributed by atoms with Gasteiger partial charge in [-0.3, -0.25) is 14.4 Å². The van der Waals surface area contributed by atoms with Crippen LogP contribution in [-0.2, 0) is 32.1 Å². The van der Waals surface area contributed by atoms with Crippen molar-refractivity contribution in [2.75, 3.05) is 6.54 Å². The van der Waals surface area contributed by atoms with Gasteiger partial charge in [0.15, 0.2) is 0 Å². The number of benzene rings is 1. The number of aryl methyl sites for hydroxylation is 1. The summed E-state index contributed by atoms with van der Waals surface area (Å²) < 4.78 is 21.7. The zero-order valence-electron chi connectivity index (χ0n) is 22.8. The first-order valence-electron chi connectivity index (χ1n) is 14.3. The fourth-order valence-electron chi connectivity index (χ4n) is 5.95. The molecule has 38 heavy (non-hydrogen) atoms. The molecule has 1 saturated carbocycles. The van der Waals surface area contributed by atoms with E-state index in [-0.39, 0.29) is 36.6 Å². The normalized spacial score (nSPS) is 20.3. The van der Waals surface area contributed by atoms with Crippen LogP contribution in [0.1, 0.15) is 83.6 Å². The molecule has 1 aromatic heterocycles. The first-order valence-corrected chi connectivity index (χ1v) is 14.3. The van der Waals surface area contributed by atoms with E-state index < -0.39 is 17.9 Å². The number of nitrogens with one attached hydrogen (secondary N) is 2. The highest BCUT2D eigenvalue weighted by molar-refractivity contribution is 5.91. The number of aromatic nitrogens is 1. The lowest BCUT2D eigenvalue weighted by atomic mass is 9.89. The maximum Gasteiger partial charge on any atom is 0.306 e. The van der Waals surface area contributed by atoms with Gasteiger partial charge in [-0.25, -0.2) is 4.39 Å². The molecule has 1 unspecified atom stereocenters. The second-order valence-electron chi connectivity index (χ2n) is 11.3. The Bertz CT molecular complexity index is 1120. The number of nitrogens with zero attached hydrogens (tertiary/aromatic N) is 1. The number of carbonyl (C=O) groups excluding carboxylic acids is 3. The molecule has 0 radical (unpaired) electrons. The van der Waals surface area contributed by atoms with Crippen molar-refractivity contribution in [3.63, 3.8) is 0 Å². The third kappa shape index (κ3) is 7.58. The van der Waals surface area contributed by atoms with Crippen LogP contribution < -0.4 is 10.6 Å². The quantitative estimate of drug-likeness (QED) is 0.494. The fraction of sp³-hybridized carbons (Fsp3) is 0.633. The first-order chi connectivity index (χ1) is 18.3. The number of rotatable bonds is 7. The molecule has 8 heteroatoms. The van der Waals surface area contributed by atoms with Gasteiger partial charge in [-0.15, -0.1) is 0 Å². The van der Waals surface area contributed by atoms with Gasteiger partial charge in [0.25, 0.3) is 0 Å². The molecule has 4 rings (SSSR count). The predicted molar refractivity (Wildman–Crippen MR) is 145 cm³/mol. The highest BCUT2D eigenvalue weighted by atomic mass is 19.1. The molecule has 2 bridgehead atoms. The number of hydrogen-bond acceptors (Lipinski definition) is 4. The number of fused-ring (bicyclic) bond motifs is 5. The fourth-order valence-corrected chi connectivity index (χ4v) is 5.95. The average Bonchev–Trinajstić information content (AvgIpc) is 3.49. The van der Waals surface area contributed by atoms with Crippen molar-refractivity contribution in [3.8, 4) is 0 Å². The largest absolute Gasteiger partial charge is 0.463 e. The Morgan fingerprint density at radius 2 is 1.89 bits per heavy atom. The maximum atomic E-state index is 14.2. The van der Waals surface area contributed by atoms with E-state index in [1.54, 1.807) is 19.9 Å². The Morgan fingerprint density at radius 1 is 1.13 bits per heavy atom. The smallest absolute Gasteiger partial charge is 0.306 e. The number of hydrogen-bond donors (Lipinski definition) is 2. The van der Waals surface area contributed by atoms with Crippen molar-refractivity contribution in [1.82, 2.24) is 15.2 Å². The lowest BCUT2D eigenvalue weighted by Gasteiger charge is -2.24. The van der Waals surface area contributed by atoms with E-state index in [2.05, 4.69) is 15.2 Å². The summed E-state index contributed by atoms with van der Waals surface area (Å²) in [7, 11) is 0. The number of halogens is 1. The standard InChI is InChI=1S/C30H42FN3O4/c1-20(2)38-28(35)17-22(15-21-9-5-6-10-21)29(36)33-26-16-23-19-34(27-12-11-24(31)18-25(23)27)14-8-4-3-7-13-32-30(26)37/h11-12,18-22,26H,3-10,13-17H2,1-2H3,(H,32,37)(H,33,36)/t22-,26?/m1/s1. The molecule has 2 heterocycles. The van der Waals surface area contributed by atoms with Crippen LogP contribution >= 0.6 is 0 Å². The van der Waals surface area contributed by atoms with E-state index in [1.165, 1.54) is 12.1 Å². The predicted octanol–water partition coefficient (Wildman–Crippen LogP) is 5.04. The molecule has 1 aromatic carbocycles. The van der Waals surface area contributed by atoms with Crippen molar-refractivity contribution in [2.24, 2.45) is 11.8 Å². The summed E-state index contributed by atoms with van der Waals surface area (Å²) in [5, 5.41) is 6.74. The van der Waals surface area contributed by atoms with Gasteiger partial charge < -0.3 is 19.9 Å². The van der Waals surface area contributed by atoms with Crippen molar-refractivity contribution in [1.29, 1.82) is 0 Å². The summed E-state index contributed by atoms with van der Waals surface area (Å²) in [6.07, 6.45) is 10.9. The zero-order chi connectivity index (χ0) is 27.1. The summed E-state index contributed by atoms with van der Waals surface area (Å²) >= 11 is 0. The molecule has 1 fully saturated rings. The Kier molecular flexibility index (Phi) is 9.80. The van der Waals surface area contributed by atoms with E-state index in [9.17, 15) is 18.8 Å². The average molecular weight is 528 g/mol. The molecular weight excluding hydrogens is 485 g/mol. The van der Waals surface area contributed by atoms with Crippen LogP contribution in [0.2, 0.25) is 0 Å². The lowest BCUT2D eigenvalue weighted by Crippen LogP contribution is -2.50. The summed E-state index contributed by atoms with van der Waals surface area (Å²) in [4.78, 5) is 39.4. The van der Waals surface area contributed by atoms with Gasteiger partial charge in [0, 0.05) is 42.5 Å². The molecule has 1 aliphatic heterocycles. The van der Waals surface area contributed by atoms with Crippen molar-refractivity contribution in [2.45, 2.75) is 103 Å². The summed E-state index contributed by atoms with van der Waals surface area (Å²) in [6, 6.07) is 3.93. The highest BCUT2D eigenvalue weighted by Gasteiger charge is 2.31. The molecular formula is C30H42FN3O4. The SMILES string of the molecule is CC(C)OC(=O)C[C@@H](CC1CCCC1)C(=O)NC1Cc2cn(c3ccc(F)cc23)CCCCCCNC1=O. The van der Waals surface area contributed by atoms with Gasteiger partial charge >= 0.3 is 5.97 Å². The van der Waals surface area contributed by atoms with Crippen LogP contribution in [0.15, 0.2) is 24.4 Å².